The molecule has 1 aromatic rings. The van der Waals surface area contributed by atoms with Crippen molar-refractivity contribution < 1.29 is 9.53 Å². The summed E-state index contributed by atoms with van der Waals surface area (Å²) in [7, 11) is 0. The summed E-state index contributed by atoms with van der Waals surface area (Å²) in [5, 5.41) is 0. The Bertz CT molecular complexity index is 448. The Labute approximate surface area is 108 Å². The van der Waals surface area contributed by atoms with Crippen LogP contribution in [0.3, 0.4) is 0 Å². The second kappa shape index (κ2) is 5.31. The number of ether oxygens (including phenoxy) is 1. The molecule has 2 heterocycles. The molecule has 0 unspecified atom stereocenters. The molecule has 0 aliphatic carbocycles. The van der Waals surface area contributed by atoms with Crippen LogP contribution in [-0.4, -0.2) is 24.0 Å². The van der Waals surface area contributed by atoms with Gasteiger partial charge in [0.05, 0.1) is 0 Å². The van der Waals surface area contributed by atoms with Crippen LogP contribution < -0.4 is 9.64 Å². The smallest absolute Gasteiger partial charge is 0.266 e. The van der Waals surface area contributed by atoms with Crippen LogP contribution in [0.15, 0.2) is 29.4 Å². The number of pyridine rings is 1. The average molecular weight is 297 g/mol. The predicted octanol–water partition coefficient (Wildman–Crippen LogP) is 2.54. The zero-order chi connectivity index (χ0) is 12.3. The van der Waals surface area contributed by atoms with Crippen LogP contribution in [0.1, 0.15) is 12.8 Å². The van der Waals surface area contributed by atoms with E-state index in [0.717, 1.165) is 12.8 Å². The van der Waals surface area contributed by atoms with Gasteiger partial charge in [-0.05, 0) is 40.9 Å². The van der Waals surface area contributed by atoms with Gasteiger partial charge >= 0.3 is 0 Å². The highest BCUT2D eigenvalue weighted by atomic mass is 79.9. The van der Waals surface area contributed by atoms with E-state index in [1.165, 1.54) is 0 Å². The number of allylic oxidation sites excluding steroid dienone is 1. The molecule has 0 saturated carbocycles. The van der Waals surface area contributed by atoms with Crippen molar-refractivity contribution in [2.24, 2.45) is 0 Å². The number of nitrogens with zero attached hydrogens (tertiary/aromatic N) is 2. The van der Waals surface area contributed by atoms with Gasteiger partial charge in [0.15, 0.2) is 18.2 Å². The van der Waals surface area contributed by atoms with Crippen LogP contribution >= 0.6 is 15.9 Å². The van der Waals surface area contributed by atoms with E-state index in [9.17, 15) is 4.79 Å². The van der Waals surface area contributed by atoms with Gasteiger partial charge in [-0.2, -0.15) is 0 Å². The van der Waals surface area contributed by atoms with Crippen molar-refractivity contribution >= 4 is 27.7 Å². The van der Waals surface area contributed by atoms with Crippen molar-refractivity contribution in [1.82, 2.24) is 4.98 Å². The Kier molecular flexibility index (Phi) is 3.78. The van der Waals surface area contributed by atoms with Crippen molar-refractivity contribution in [1.29, 1.82) is 0 Å². The number of carbonyl (C=O) groups is 1. The summed E-state index contributed by atoms with van der Waals surface area (Å²) in [6.07, 6.45) is 3.61. The zero-order valence-electron chi connectivity index (χ0n) is 9.36. The summed E-state index contributed by atoms with van der Waals surface area (Å²) in [4.78, 5) is 17.8. The molecule has 1 aliphatic rings. The van der Waals surface area contributed by atoms with Crippen LogP contribution in [0.25, 0.3) is 0 Å². The molecule has 0 spiro atoms. The maximum absolute atomic E-state index is 11.8. The Morgan fingerprint density at radius 2 is 2.41 bits per heavy atom. The van der Waals surface area contributed by atoms with Crippen LogP contribution in [0.4, 0.5) is 5.82 Å². The number of fused-ring (bicyclic) bond motifs is 1. The number of unbranched alkanes of at least 4 members (excludes halogenated alkanes) is 1. The molecule has 0 aromatic carbocycles. The Morgan fingerprint density at radius 3 is 3.18 bits per heavy atom. The minimum atomic E-state index is -0.0489. The first-order valence-corrected chi connectivity index (χ1v) is 6.22. The van der Waals surface area contributed by atoms with Gasteiger partial charge in [0.25, 0.3) is 5.91 Å². The highest BCUT2D eigenvalue weighted by Gasteiger charge is 2.26. The van der Waals surface area contributed by atoms with Gasteiger partial charge in [-0.25, -0.2) is 4.98 Å². The molecular weight excluding hydrogens is 284 g/mol. The predicted molar refractivity (Wildman–Crippen MR) is 69.2 cm³/mol. The number of amides is 1. The minimum absolute atomic E-state index is 0.0489. The Balaban J connectivity index is 2.22. The van der Waals surface area contributed by atoms with Crippen LogP contribution in [0, 0.1) is 0 Å². The third kappa shape index (κ3) is 2.66. The molecule has 90 valence electrons. The first kappa shape index (κ1) is 12.1. The fourth-order valence-corrected chi connectivity index (χ4v) is 1.98. The highest BCUT2D eigenvalue weighted by Crippen LogP contribution is 2.31. The van der Waals surface area contributed by atoms with E-state index in [0.29, 0.717) is 22.7 Å². The summed E-state index contributed by atoms with van der Waals surface area (Å²) < 4.78 is 6.03. The molecule has 1 aliphatic heterocycles. The third-order valence-corrected chi connectivity index (χ3v) is 2.94. The van der Waals surface area contributed by atoms with Crippen LogP contribution in [0.5, 0.6) is 5.75 Å². The molecule has 0 atom stereocenters. The molecule has 0 N–H and O–H groups in total. The molecule has 0 bridgehead atoms. The number of hydrogen-bond donors (Lipinski definition) is 0. The van der Waals surface area contributed by atoms with Gasteiger partial charge in [-0.1, -0.05) is 6.08 Å². The number of halogens is 1. The number of carbonyl (C=O) groups excluding carboxylic acids is 1. The van der Waals surface area contributed by atoms with Crippen molar-refractivity contribution in [3.8, 4) is 5.75 Å². The Hall–Kier alpha value is -1.36. The maximum atomic E-state index is 11.8. The number of aromatic nitrogens is 1. The average Bonchev–Trinajstić information content (AvgIpc) is 2.32. The van der Waals surface area contributed by atoms with Crippen molar-refractivity contribution in [2.75, 3.05) is 18.1 Å². The highest BCUT2D eigenvalue weighted by molar-refractivity contribution is 9.10. The molecule has 17 heavy (non-hydrogen) atoms. The minimum Gasteiger partial charge on any atom is -0.480 e. The molecule has 0 radical (unpaired) electrons. The first-order chi connectivity index (χ1) is 8.22. The van der Waals surface area contributed by atoms with Gasteiger partial charge in [-0.3, -0.25) is 9.69 Å². The molecule has 1 amide bonds. The zero-order valence-corrected chi connectivity index (χ0v) is 10.9. The van der Waals surface area contributed by atoms with Crippen LogP contribution in [-0.2, 0) is 4.79 Å². The second-order valence-electron chi connectivity index (χ2n) is 3.72. The molecule has 0 saturated heterocycles. The maximum Gasteiger partial charge on any atom is 0.266 e. The Morgan fingerprint density at radius 1 is 1.59 bits per heavy atom. The fourth-order valence-electron chi connectivity index (χ4n) is 1.68. The van der Waals surface area contributed by atoms with Crippen molar-refractivity contribution in [3.05, 3.63) is 29.4 Å². The van der Waals surface area contributed by atoms with Gasteiger partial charge in [0.1, 0.15) is 4.60 Å². The summed E-state index contributed by atoms with van der Waals surface area (Å²) in [6.45, 7) is 4.40. The normalized spacial score (nSPS) is 14.2. The molecule has 0 fully saturated rings. The second-order valence-corrected chi connectivity index (χ2v) is 4.53. The largest absolute Gasteiger partial charge is 0.480 e. The number of rotatable bonds is 4. The van der Waals surface area contributed by atoms with Gasteiger partial charge in [0, 0.05) is 6.54 Å². The van der Waals surface area contributed by atoms with Crippen LogP contribution in [0.2, 0.25) is 0 Å². The summed E-state index contributed by atoms with van der Waals surface area (Å²) in [5.74, 6) is 1.21. The van der Waals surface area contributed by atoms with E-state index < -0.39 is 0 Å². The summed E-state index contributed by atoms with van der Waals surface area (Å²) in [5.41, 5.74) is 0. The lowest BCUT2D eigenvalue weighted by molar-refractivity contribution is -0.121. The van der Waals surface area contributed by atoms with E-state index in [2.05, 4.69) is 27.5 Å². The topological polar surface area (TPSA) is 42.4 Å². The standard InChI is InChI=1S/C12H13BrN2O2/c1-2-3-4-7-15-11(16)8-17-9-5-6-10(13)14-12(9)15/h2,5-6H,1,3-4,7-8H2. The van der Waals surface area contributed by atoms with E-state index in [1.54, 1.807) is 11.0 Å². The molecule has 1 aromatic heterocycles. The van der Waals surface area contributed by atoms with Gasteiger partial charge in [0.2, 0.25) is 0 Å². The van der Waals surface area contributed by atoms with Gasteiger partial charge < -0.3 is 4.74 Å². The molecule has 5 heteroatoms. The first-order valence-electron chi connectivity index (χ1n) is 5.43. The number of anilines is 1. The quantitative estimate of drug-likeness (QED) is 0.487. The van der Waals surface area contributed by atoms with Crippen molar-refractivity contribution in [3.63, 3.8) is 0 Å². The van der Waals surface area contributed by atoms with Gasteiger partial charge in [-0.15, -0.1) is 6.58 Å². The summed E-state index contributed by atoms with van der Waals surface area (Å²) in [6, 6.07) is 3.62. The molecule has 4 nitrogen and oxygen atoms in total. The summed E-state index contributed by atoms with van der Waals surface area (Å²) >= 11 is 3.30. The van der Waals surface area contributed by atoms with Crippen molar-refractivity contribution in [2.45, 2.75) is 12.8 Å². The fraction of sp³-hybridized carbons (Fsp3) is 0.333. The SMILES string of the molecule is C=CCCCN1C(=O)COc2ccc(Br)nc21. The third-order valence-electron chi connectivity index (χ3n) is 2.50. The lowest BCUT2D eigenvalue weighted by Gasteiger charge is -2.28. The molecular formula is C12H13BrN2O2. The lowest BCUT2D eigenvalue weighted by Crippen LogP contribution is -2.40. The van der Waals surface area contributed by atoms with E-state index in [1.807, 2.05) is 12.1 Å². The lowest BCUT2D eigenvalue weighted by atomic mass is 10.2. The van der Waals surface area contributed by atoms with E-state index in [-0.39, 0.29) is 12.5 Å². The van der Waals surface area contributed by atoms with E-state index >= 15 is 0 Å². The molecule has 2 rings (SSSR count). The number of hydrogen-bond acceptors (Lipinski definition) is 3. The van der Waals surface area contributed by atoms with E-state index in [4.69, 9.17) is 4.74 Å². The monoisotopic (exact) mass is 296 g/mol.